The molecule has 16 heavy (non-hydrogen) atoms. The summed E-state index contributed by atoms with van der Waals surface area (Å²) in [7, 11) is 0. The van der Waals surface area contributed by atoms with Gasteiger partial charge in [0.1, 0.15) is 5.82 Å². The lowest BCUT2D eigenvalue weighted by molar-refractivity contribution is 0.0605. The van der Waals surface area contributed by atoms with Gasteiger partial charge in [-0.25, -0.2) is 4.39 Å². The fraction of sp³-hybridized carbons (Fsp3) is 0.500. The number of benzene rings is 1. The summed E-state index contributed by atoms with van der Waals surface area (Å²) in [5.41, 5.74) is 0.0837. The van der Waals surface area contributed by atoms with Crippen LogP contribution in [0.25, 0.3) is 0 Å². The topological polar surface area (TPSA) is 32.3 Å². The van der Waals surface area contributed by atoms with Crippen LogP contribution < -0.4 is 5.32 Å². The van der Waals surface area contributed by atoms with E-state index in [1.165, 1.54) is 12.1 Å². The Bertz CT molecular complexity index is 355. The van der Waals surface area contributed by atoms with E-state index in [1.807, 2.05) is 6.92 Å². The molecule has 0 radical (unpaired) electrons. The smallest absolute Gasteiger partial charge is 0.124 e. The van der Waals surface area contributed by atoms with Crippen molar-refractivity contribution >= 4 is 15.9 Å². The molecule has 0 aromatic heterocycles. The second kappa shape index (κ2) is 5.75. The molecular weight excluding hydrogens is 273 g/mol. The van der Waals surface area contributed by atoms with Crippen molar-refractivity contribution in [2.75, 3.05) is 13.1 Å². The van der Waals surface area contributed by atoms with Crippen molar-refractivity contribution in [1.29, 1.82) is 0 Å². The summed E-state index contributed by atoms with van der Waals surface area (Å²) in [5.74, 6) is -0.276. The molecule has 2 N–H and O–H groups in total. The maximum absolute atomic E-state index is 12.9. The number of aliphatic hydroxyl groups is 1. The monoisotopic (exact) mass is 289 g/mol. The van der Waals surface area contributed by atoms with E-state index in [0.717, 1.165) is 12.1 Å². The second-order valence-corrected chi connectivity index (χ2v) is 5.04. The van der Waals surface area contributed by atoms with Crippen LogP contribution in [-0.4, -0.2) is 23.8 Å². The summed E-state index contributed by atoms with van der Waals surface area (Å²) in [6.07, 6.45) is 0.487. The van der Waals surface area contributed by atoms with Crippen LogP contribution >= 0.6 is 15.9 Å². The predicted octanol–water partition coefficient (Wildman–Crippen LogP) is 2.49. The van der Waals surface area contributed by atoms with Crippen molar-refractivity contribution < 1.29 is 9.50 Å². The van der Waals surface area contributed by atoms with Crippen molar-refractivity contribution in [3.63, 3.8) is 0 Å². The minimum Gasteiger partial charge on any atom is -0.389 e. The highest BCUT2D eigenvalue weighted by atomic mass is 79.9. The average molecular weight is 290 g/mol. The fourth-order valence-corrected chi connectivity index (χ4v) is 2.02. The van der Waals surface area contributed by atoms with E-state index in [1.54, 1.807) is 13.0 Å². The minimum atomic E-state index is -0.823. The van der Waals surface area contributed by atoms with Crippen LogP contribution in [0.2, 0.25) is 0 Å². The van der Waals surface area contributed by atoms with Gasteiger partial charge >= 0.3 is 0 Å². The van der Waals surface area contributed by atoms with Crippen molar-refractivity contribution in [2.45, 2.75) is 25.9 Å². The van der Waals surface area contributed by atoms with Gasteiger partial charge < -0.3 is 10.4 Å². The number of rotatable bonds is 5. The van der Waals surface area contributed by atoms with E-state index < -0.39 is 5.60 Å². The Kier molecular flexibility index (Phi) is 4.89. The highest BCUT2D eigenvalue weighted by molar-refractivity contribution is 9.10. The van der Waals surface area contributed by atoms with Crippen molar-refractivity contribution in [2.24, 2.45) is 0 Å². The molecule has 0 aliphatic carbocycles. The van der Waals surface area contributed by atoms with Gasteiger partial charge in [-0.3, -0.25) is 0 Å². The predicted molar refractivity (Wildman–Crippen MR) is 67.0 cm³/mol. The van der Waals surface area contributed by atoms with Crippen LogP contribution in [-0.2, 0) is 6.42 Å². The first-order chi connectivity index (χ1) is 7.44. The van der Waals surface area contributed by atoms with E-state index in [2.05, 4.69) is 21.2 Å². The first kappa shape index (κ1) is 13.6. The summed E-state index contributed by atoms with van der Waals surface area (Å²) in [5, 5.41) is 13.2. The standard InChI is InChI=1S/C12H17BrFNO/c1-3-15-8-12(2,16)7-9-4-5-10(14)6-11(9)13/h4-6,15-16H,3,7-8H2,1-2H3. The average Bonchev–Trinajstić information content (AvgIpc) is 2.19. The molecule has 1 unspecified atom stereocenters. The summed E-state index contributed by atoms with van der Waals surface area (Å²) < 4.78 is 13.6. The van der Waals surface area contributed by atoms with Gasteiger partial charge in [0.2, 0.25) is 0 Å². The van der Waals surface area contributed by atoms with Gasteiger partial charge in [0, 0.05) is 17.4 Å². The van der Waals surface area contributed by atoms with Gasteiger partial charge in [0.05, 0.1) is 5.60 Å². The molecule has 0 heterocycles. The Morgan fingerprint density at radius 2 is 2.19 bits per heavy atom. The molecule has 4 heteroatoms. The van der Waals surface area contributed by atoms with Crippen LogP contribution in [0.15, 0.2) is 22.7 Å². The molecule has 90 valence electrons. The van der Waals surface area contributed by atoms with E-state index in [-0.39, 0.29) is 5.82 Å². The summed E-state index contributed by atoms with van der Waals surface area (Å²) >= 11 is 3.30. The fourth-order valence-electron chi connectivity index (χ4n) is 1.53. The molecule has 0 bridgehead atoms. The molecule has 0 saturated heterocycles. The summed E-state index contributed by atoms with van der Waals surface area (Å²) in [6, 6.07) is 4.52. The van der Waals surface area contributed by atoms with Gasteiger partial charge in [-0.2, -0.15) is 0 Å². The van der Waals surface area contributed by atoms with Gasteiger partial charge in [-0.05, 0) is 31.2 Å². The molecule has 0 spiro atoms. The lowest BCUT2D eigenvalue weighted by Gasteiger charge is -2.24. The Balaban J connectivity index is 2.71. The van der Waals surface area contributed by atoms with Crippen LogP contribution in [0.5, 0.6) is 0 Å². The molecule has 1 aromatic rings. The van der Waals surface area contributed by atoms with Crippen LogP contribution in [0.4, 0.5) is 4.39 Å². The number of likely N-dealkylation sites (N-methyl/N-ethyl adjacent to an activating group) is 1. The van der Waals surface area contributed by atoms with Gasteiger partial charge in [-0.1, -0.05) is 28.9 Å². The number of nitrogens with one attached hydrogen (secondary N) is 1. The van der Waals surface area contributed by atoms with Crippen LogP contribution in [0.1, 0.15) is 19.4 Å². The first-order valence-corrected chi connectivity index (χ1v) is 6.11. The van der Waals surface area contributed by atoms with E-state index in [0.29, 0.717) is 17.4 Å². The SMILES string of the molecule is CCNCC(C)(O)Cc1ccc(F)cc1Br. The van der Waals surface area contributed by atoms with E-state index >= 15 is 0 Å². The van der Waals surface area contributed by atoms with Crippen molar-refractivity contribution in [1.82, 2.24) is 5.32 Å². The normalized spacial score (nSPS) is 14.8. The molecule has 1 atom stereocenters. The summed E-state index contributed by atoms with van der Waals surface area (Å²) in [4.78, 5) is 0. The Hall–Kier alpha value is -0.450. The van der Waals surface area contributed by atoms with E-state index in [9.17, 15) is 9.50 Å². The largest absolute Gasteiger partial charge is 0.389 e. The zero-order valence-electron chi connectivity index (χ0n) is 9.56. The third-order valence-electron chi connectivity index (χ3n) is 2.34. The molecule has 1 aromatic carbocycles. The zero-order valence-corrected chi connectivity index (χ0v) is 11.1. The second-order valence-electron chi connectivity index (χ2n) is 4.19. The molecule has 2 nitrogen and oxygen atoms in total. The van der Waals surface area contributed by atoms with Gasteiger partial charge in [-0.15, -0.1) is 0 Å². The van der Waals surface area contributed by atoms with Crippen LogP contribution in [0, 0.1) is 5.82 Å². The zero-order chi connectivity index (χ0) is 12.2. The van der Waals surface area contributed by atoms with Gasteiger partial charge in [0.15, 0.2) is 0 Å². The number of halogens is 2. The van der Waals surface area contributed by atoms with Gasteiger partial charge in [0.25, 0.3) is 0 Å². The van der Waals surface area contributed by atoms with Crippen molar-refractivity contribution in [3.8, 4) is 0 Å². The Labute approximate surface area is 104 Å². The highest BCUT2D eigenvalue weighted by Gasteiger charge is 2.21. The van der Waals surface area contributed by atoms with Crippen LogP contribution in [0.3, 0.4) is 0 Å². The highest BCUT2D eigenvalue weighted by Crippen LogP contribution is 2.22. The maximum atomic E-state index is 12.9. The first-order valence-electron chi connectivity index (χ1n) is 5.31. The molecule has 0 aliphatic heterocycles. The lowest BCUT2D eigenvalue weighted by atomic mass is 9.96. The minimum absolute atomic E-state index is 0.276. The summed E-state index contributed by atoms with van der Waals surface area (Å²) in [6.45, 7) is 5.10. The van der Waals surface area contributed by atoms with Crippen molar-refractivity contribution in [3.05, 3.63) is 34.1 Å². The number of hydrogen-bond acceptors (Lipinski definition) is 2. The molecular formula is C12H17BrFNO. The maximum Gasteiger partial charge on any atom is 0.124 e. The lowest BCUT2D eigenvalue weighted by Crippen LogP contribution is -2.39. The molecule has 1 rings (SSSR count). The molecule has 0 aliphatic rings. The third-order valence-corrected chi connectivity index (χ3v) is 3.08. The Morgan fingerprint density at radius 1 is 1.50 bits per heavy atom. The third kappa shape index (κ3) is 4.20. The molecule has 0 saturated carbocycles. The molecule has 0 amide bonds. The Morgan fingerprint density at radius 3 is 2.75 bits per heavy atom. The molecule has 0 fully saturated rings. The quantitative estimate of drug-likeness (QED) is 0.873. The number of hydrogen-bond donors (Lipinski definition) is 2. The van der Waals surface area contributed by atoms with E-state index in [4.69, 9.17) is 0 Å².